The average molecular weight is 281 g/mol. The molecule has 0 aromatic heterocycles. The van der Waals surface area contributed by atoms with E-state index >= 15 is 0 Å². The number of carbonyl (C=O) groups excluding carboxylic acids is 1. The molecule has 0 aliphatic carbocycles. The van der Waals surface area contributed by atoms with Crippen molar-refractivity contribution in [3.05, 3.63) is 0 Å². The van der Waals surface area contributed by atoms with Gasteiger partial charge in [0.1, 0.15) is 0 Å². The minimum atomic E-state index is -4.15. The SMILES string of the molecule is CCC(CC(F)(F)C(F)F)C(=O)OBr. The topological polar surface area (TPSA) is 26.3 Å². The summed E-state index contributed by atoms with van der Waals surface area (Å²) in [7, 11) is 0. The van der Waals surface area contributed by atoms with E-state index in [9.17, 15) is 22.4 Å². The van der Waals surface area contributed by atoms with Gasteiger partial charge in [0.15, 0.2) is 16.3 Å². The molecule has 0 N–H and O–H groups in total. The Balaban J connectivity index is 4.38. The standard InChI is InChI=1S/C7H9BrF4O2/c1-2-4(5(13)14-8)3-7(11,12)6(9)10/h4,6H,2-3H2,1H3. The van der Waals surface area contributed by atoms with E-state index in [2.05, 4.69) is 20.1 Å². The molecule has 0 rings (SSSR count). The summed E-state index contributed by atoms with van der Waals surface area (Å²) >= 11 is 2.32. The number of carbonyl (C=O) groups is 1. The molecule has 0 saturated heterocycles. The van der Waals surface area contributed by atoms with E-state index in [4.69, 9.17) is 0 Å². The lowest BCUT2D eigenvalue weighted by atomic mass is 9.98. The van der Waals surface area contributed by atoms with Crippen molar-refractivity contribution in [2.45, 2.75) is 32.1 Å². The fourth-order valence-corrected chi connectivity index (χ4v) is 1.14. The van der Waals surface area contributed by atoms with Gasteiger partial charge in [0.2, 0.25) is 0 Å². The number of hydrogen-bond acceptors (Lipinski definition) is 2. The van der Waals surface area contributed by atoms with E-state index in [1.807, 2.05) is 0 Å². The van der Waals surface area contributed by atoms with Crippen molar-refractivity contribution in [3.8, 4) is 0 Å². The van der Waals surface area contributed by atoms with E-state index in [1.54, 1.807) is 0 Å². The van der Waals surface area contributed by atoms with E-state index in [0.29, 0.717) is 0 Å². The first-order valence-electron chi connectivity index (χ1n) is 3.83. The van der Waals surface area contributed by atoms with Gasteiger partial charge < -0.3 is 3.83 Å². The van der Waals surface area contributed by atoms with Gasteiger partial charge in [0.25, 0.3) is 0 Å². The monoisotopic (exact) mass is 280 g/mol. The highest BCUT2D eigenvalue weighted by Crippen LogP contribution is 2.32. The summed E-state index contributed by atoms with van der Waals surface area (Å²) in [5.74, 6) is -6.34. The number of rotatable bonds is 5. The first kappa shape index (κ1) is 13.7. The maximum atomic E-state index is 12.5. The van der Waals surface area contributed by atoms with Crippen molar-refractivity contribution in [2.24, 2.45) is 5.92 Å². The molecule has 84 valence electrons. The molecule has 7 heteroatoms. The van der Waals surface area contributed by atoms with Crippen LogP contribution < -0.4 is 0 Å². The third kappa shape index (κ3) is 3.81. The molecule has 0 amide bonds. The Bertz CT molecular complexity index is 198. The Hall–Kier alpha value is -0.330. The normalized spacial score (nSPS) is 14.2. The second-order valence-electron chi connectivity index (χ2n) is 2.77. The summed E-state index contributed by atoms with van der Waals surface area (Å²) < 4.78 is 52.6. The van der Waals surface area contributed by atoms with Crippen LogP contribution in [0.25, 0.3) is 0 Å². The van der Waals surface area contributed by atoms with Crippen LogP contribution >= 0.6 is 16.3 Å². The summed E-state index contributed by atoms with van der Waals surface area (Å²) in [5, 5.41) is 0. The molecular formula is C7H9BrF4O2. The second-order valence-corrected chi connectivity index (χ2v) is 3.09. The third-order valence-electron chi connectivity index (χ3n) is 1.74. The zero-order chi connectivity index (χ0) is 11.4. The van der Waals surface area contributed by atoms with E-state index in [1.165, 1.54) is 6.92 Å². The molecule has 0 spiro atoms. The average Bonchev–Trinajstić information content (AvgIpc) is 2.12. The minimum Gasteiger partial charge on any atom is -0.383 e. The molecule has 2 nitrogen and oxygen atoms in total. The highest BCUT2D eigenvalue weighted by atomic mass is 79.9. The van der Waals surface area contributed by atoms with Crippen molar-refractivity contribution >= 4 is 22.2 Å². The van der Waals surface area contributed by atoms with Crippen LogP contribution in [0.2, 0.25) is 0 Å². The molecule has 0 radical (unpaired) electrons. The van der Waals surface area contributed by atoms with Crippen molar-refractivity contribution < 1.29 is 26.2 Å². The van der Waals surface area contributed by atoms with Gasteiger partial charge in [-0.3, -0.25) is 4.79 Å². The highest BCUT2D eigenvalue weighted by Gasteiger charge is 2.44. The Kier molecular flexibility index (Phi) is 5.40. The lowest BCUT2D eigenvalue weighted by Gasteiger charge is -2.19. The van der Waals surface area contributed by atoms with E-state index in [-0.39, 0.29) is 6.42 Å². The van der Waals surface area contributed by atoms with Crippen LogP contribution in [-0.4, -0.2) is 18.3 Å². The Morgan fingerprint density at radius 1 is 1.50 bits per heavy atom. The zero-order valence-electron chi connectivity index (χ0n) is 7.28. The van der Waals surface area contributed by atoms with Crippen molar-refractivity contribution in [2.75, 3.05) is 0 Å². The first-order chi connectivity index (χ1) is 6.35. The molecule has 0 aromatic carbocycles. The fraction of sp³-hybridized carbons (Fsp3) is 0.857. The number of alkyl halides is 4. The van der Waals surface area contributed by atoms with Gasteiger partial charge in [-0.15, -0.1) is 0 Å². The van der Waals surface area contributed by atoms with Gasteiger partial charge in [-0.2, -0.15) is 0 Å². The summed E-state index contributed by atoms with van der Waals surface area (Å²) in [6.07, 6.45) is -4.95. The maximum absolute atomic E-state index is 12.5. The zero-order valence-corrected chi connectivity index (χ0v) is 8.86. The van der Waals surface area contributed by atoms with E-state index in [0.717, 1.165) is 0 Å². The van der Waals surface area contributed by atoms with Crippen LogP contribution in [0.4, 0.5) is 17.6 Å². The summed E-state index contributed by atoms with van der Waals surface area (Å²) in [6.45, 7) is 1.44. The van der Waals surface area contributed by atoms with Gasteiger partial charge in [0, 0.05) is 6.42 Å². The van der Waals surface area contributed by atoms with Gasteiger partial charge in [0.05, 0.1) is 5.92 Å². The molecule has 0 aromatic rings. The maximum Gasteiger partial charge on any atom is 0.320 e. The lowest BCUT2D eigenvalue weighted by molar-refractivity contribution is -0.156. The predicted octanol–water partition coefficient (Wildman–Crippen LogP) is 3.16. The van der Waals surface area contributed by atoms with E-state index < -0.39 is 30.7 Å². The lowest BCUT2D eigenvalue weighted by Crippen LogP contribution is -2.32. The Morgan fingerprint density at radius 3 is 2.29 bits per heavy atom. The third-order valence-corrected chi connectivity index (χ3v) is 2.06. The molecule has 1 unspecified atom stereocenters. The molecule has 0 fully saturated rings. The quantitative estimate of drug-likeness (QED) is 0.723. The van der Waals surface area contributed by atoms with Gasteiger partial charge in [-0.25, -0.2) is 17.6 Å². The van der Waals surface area contributed by atoms with Crippen molar-refractivity contribution in [3.63, 3.8) is 0 Å². The summed E-state index contributed by atoms with van der Waals surface area (Å²) in [6, 6.07) is 0. The Labute approximate surface area is 87.1 Å². The molecule has 0 heterocycles. The van der Waals surface area contributed by atoms with Crippen LogP contribution in [0.1, 0.15) is 19.8 Å². The molecular weight excluding hydrogens is 272 g/mol. The Morgan fingerprint density at radius 2 is 2.00 bits per heavy atom. The van der Waals surface area contributed by atoms with Gasteiger partial charge in [-0.05, 0) is 6.42 Å². The number of halogens is 5. The van der Waals surface area contributed by atoms with Gasteiger partial charge >= 0.3 is 18.3 Å². The molecule has 1 atom stereocenters. The minimum absolute atomic E-state index is 0.0206. The largest absolute Gasteiger partial charge is 0.383 e. The van der Waals surface area contributed by atoms with Crippen LogP contribution in [-0.2, 0) is 8.62 Å². The van der Waals surface area contributed by atoms with Crippen LogP contribution in [0.15, 0.2) is 0 Å². The van der Waals surface area contributed by atoms with Gasteiger partial charge in [-0.1, -0.05) is 6.92 Å². The summed E-state index contributed by atoms with van der Waals surface area (Å²) in [4.78, 5) is 10.8. The summed E-state index contributed by atoms with van der Waals surface area (Å²) in [5.41, 5.74) is 0. The predicted molar refractivity (Wildman–Crippen MR) is 44.4 cm³/mol. The molecule has 0 bridgehead atoms. The van der Waals surface area contributed by atoms with Crippen LogP contribution in [0, 0.1) is 5.92 Å². The van der Waals surface area contributed by atoms with Crippen LogP contribution in [0.3, 0.4) is 0 Å². The molecule has 14 heavy (non-hydrogen) atoms. The van der Waals surface area contributed by atoms with Crippen LogP contribution in [0.5, 0.6) is 0 Å². The van der Waals surface area contributed by atoms with Crippen molar-refractivity contribution in [1.82, 2.24) is 0 Å². The smallest absolute Gasteiger partial charge is 0.320 e. The van der Waals surface area contributed by atoms with Crippen molar-refractivity contribution in [1.29, 1.82) is 0 Å². The highest BCUT2D eigenvalue weighted by molar-refractivity contribution is 9.06. The molecule has 0 aliphatic heterocycles. The first-order valence-corrected chi connectivity index (χ1v) is 4.48. The molecule has 0 saturated carbocycles. The number of hydrogen-bond donors (Lipinski definition) is 0. The molecule has 0 aliphatic rings. The second kappa shape index (κ2) is 5.53. The fourth-order valence-electron chi connectivity index (χ4n) is 0.875.